The molecule has 1 aromatic carbocycles. The summed E-state index contributed by atoms with van der Waals surface area (Å²) in [5.41, 5.74) is 0.587. The van der Waals surface area contributed by atoms with Crippen molar-refractivity contribution >= 4 is 5.91 Å². The molecule has 0 aliphatic carbocycles. The molecular formula is C20H32N2O4. The maximum Gasteiger partial charge on any atom is 0.251 e. The van der Waals surface area contributed by atoms with Gasteiger partial charge in [0.05, 0.1) is 26.9 Å². The maximum atomic E-state index is 12.3. The molecule has 26 heavy (non-hydrogen) atoms. The average Bonchev–Trinajstić information content (AvgIpc) is 2.65. The van der Waals surface area contributed by atoms with Crippen LogP contribution in [0.15, 0.2) is 18.2 Å². The quantitative estimate of drug-likeness (QED) is 0.647. The number of methoxy groups -OCH3 is 1. The maximum absolute atomic E-state index is 12.3. The van der Waals surface area contributed by atoms with Gasteiger partial charge >= 0.3 is 0 Å². The highest BCUT2D eigenvalue weighted by molar-refractivity contribution is 5.94. The Morgan fingerprint density at radius 3 is 2.73 bits per heavy atom. The summed E-state index contributed by atoms with van der Waals surface area (Å²) in [5.74, 6) is 1.77. The van der Waals surface area contributed by atoms with Crippen molar-refractivity contribution in [2.45, 2.75) is 26.7 Å². The lowest BCUT2D eigenvalue weighted by Crippen LogP contribution is -2.38. The molecule has 1 aliphatic rings. The second-order valence-electron chi connectivity index (χ2n) is 6.96. The Kier molecular flexibility index (Phi) is 8.71. The number of ether oxygens (including phenoxy) is 3. The highest BCUT2D eigenvalue weighted by Crippen LogP contribution is 2.28. The number of morpholine rings is 1. The first-order valence-electron chi connectivity index (χ1n) is 9.49. The van der Waals surface area contributed by atoms with Crippen molar-refractivity contribution in [1.82, 2.24) is 10.2 Å². The molecule has 0 saturated carbocycles. The van der Waals surface area contributed by atoms with Crippen LogP contribution < -0.4 is 14.8 Å². The summed E-state index contributed by atoms with van der Waals surface area (Å²) in [4.78, 5) is 14.7. The number of benzene rings is 1. The van der Waals surface area contributed by atoms with Crippen molar-refractivity contribution in [1.29, 1.82) is 0 Å². The van der Waals surface area contributed by atoms with Crippen LogP contribution >= 0.6 is 0 Å². The fourth-order valence-electron chi connectivity index (χ4n) is 2.76. The van der Waals surface area contributed by atoms with Crippen molar-refractivity contribution in [3.63, 3.8) is 0 Å². The van der Waals surface area contributed by atoms with E-state index in [-0.39, 0.29) is 5.91 Å². The van der Waals surface area contributed by atoms with E-state index in [0.717, 1.165) is 45.7 Å². The number of amides is 1. The van der Waals surface area contributed by atoms with Crippen LogP contribution in [-0.2, 0) is 4.74 Å². The third-order valence-electron chi connectivity index (χ3n) is 4.42. The summed E-state index contributed by atoms with van der Waals surface area (Å²) in [6.45, 7) is 10.2. The molecule has 0 atom stereocenters. The van der Waals surface area contributed by atoms with Crippen molar-refractivity contribution < 1.29 is 19.0 Å². The van der Waals surface area contributed by atoms with Crippen molar-refractivity contribution in [3.8, 4) is 11.5 Å². The van der Waals surface area contributed by atoms with Crippen LogP contribution in [0.5, 0.6) is 11.5 Å². The van der Waals surface area contributed by atoms with Crippen molar-refractivity contribution in [3.05, 3.63) is 23.8 Å². The summed E-state index contributed by atoms with van der Waals surface area (Å²) in [6, 6.07) is 5.33. The average molecular weight is 364 g/mol. The first kappa shape index (κ1) is 20.5. The van der Waals surface area contributed by atoms with Crippen LogP contribution in [0.25, 0.3) is 0 Å². The van der Waals surface area contributed by atoms with Gasteiger partial charge in [0.25, 0.3) is 5.91 Å². The Bertz CT molecular complexity index is 557. The van der Waals surface area contributed by atoms with Gasteiger partial charge < -0.3 is 19.5 Å². The highest BCUT2D eigenvalue weighted by atomic mass is 16.5. The number of nitrogens with one attached hydrogen (secondary N) is 1. The van der Waals surface area contributed by atoms with E-state index in [1.165, 1.54) is 0 Å². The van der Waals surface area contributed by atoms with Crippen LogP contribution in [0.4, 0.5) is 0 Å². The largest absolute Gasteiger partial charge is 0.493 e. The molecule has 1 fully saturated rings. The van der Waals surface area contributed by atoms with Crippen LogP contribution in [0.3, 0.4) is 0 Å². The lowest BCUT2D eigenvalue weighted by Gasteiger charge is -2.26. The molecule has 1 N–H and O–H groups in total. The molecule has 0 bridgehead atoms. The van der Waals surface area contributed by atoms with Crippen LogP contribution in [0, 0.1) is 5.92 Å². The van der Waals surface area contributed by atoms with Crippen LogP contribution in [0.1, 0.15) is 37.0 Å². The zero-order valence-corrected chi connectivity index (χ0v) is 16.3. The third kappa shape index (κ3) is 6.84. The molecular weight excluding hydrogens is 332 g/mol. The molecule has 6 nitrogen and oxygen atoms in total. The van der Waals surface area contributed by atoms with Gasteiger partial charge in [-0.2, -0.15) is 0 Å². The SMILES string of the molecule is COc1cc(C(=O)NCCCN2CCOCC2)ccc1OCCC(C)C. The van der Waals surface area contributed by atoms with E-state index in [1.54, 1.807) is 19.2 Å². The molecule has 0 aromatic heterocycles. The third-order valence-corrected chi connectivity index (χ3v) is 4.42. The first-order chi connectivity index (χ1) is 12.6. The minimum absolute atomic E-state index is 0.0843. The minimum atomic E-state index is -0.0843. The molecule has 1 aliphatic heterocycles. The smallest absolute Gasteiger partial charge is 0.251 e. The number of carbonyl (C=O) groups is 1. The second-order valence-corrected chi connectivity index (χ2v) is 6.96. The molecule has 2 rings (SSSR count). The lowest BCUT2D eigenvalue weighted by atomic mass is 10.1. The van der Waals surface area contributed by atoms with Crippen LogP contribution in [-0.4, -0.2) is 63.9 Å². The Labute approximate surface area is 156 Å². The fraction of sp³-hybridized carbons (Fsp3) is 0.650. The number of rotatable bonds is 10. The van der Waals surface area contributed by atoms with Gasteiger partial charge in [0.1, 0.15) is 0 Å². The van der Waals surface area contributed by atoms with Gasteiger partial charge in [0, 0.05) is 25.2 Å². The van der Waals surface area contributed by atoms with Gasteiger partial charge in [0.2, 0.25) is 0 Å². The molecule has 146 valence electrons. The van der Waals surface area contributed by atoms with Gasteiger partial charge in [-0.1, -0.05) is 13.8 Å². The standard InChI is InChI=1S/C20H32N2O4/c1-16(2)7-12-26-18-6-5-17(15-19(18)24-3)20(23)21-8-4-9-22-10-13-25-14-11-22/h5-6,15-16H,4,7-14H2,1-3H3,(H,21,23). The predicted octanol–water partition coefficient (Wildman–Crippen LogP) is 2.57. The van der Waals surface area contributed by atoms with E-state index in [9.17, 15) is 4.79 Å². The number of carbonyl (C=O) groups excluding carboxylic acids is 1. The van der Waals surface area contributed by atoms with Crippen molar-refractivity contribution in [2.75, 3.05) is 53.1 Å². The monoisotopic (exact) mass is 364 g/mol. The number of nitrogens with zero attached hydrogens (tertiary/aromatic N) is 1. The molecule has 1 saturated heterocycles. The fourth-order valence-corrected chi connectivity index (χ4v) is 2.76. The van der Waals surface area contributed by atoms with E-state index in [1.807, 2.05) is 6.07 Å². The van der Waals surface area contributed by atoms with Gasteiger partial charge in [-0.25, -0.2) is 0 Å². The number of hydrogen-bond acceptors (Lipinski definition) is 5. The Hall–Kier alpha value is -1.79. The Morgan fingerprint density at radius 1 is 1.27 bits per heavy atom. The van der Waals surface area contributed by atoms with E-state index in [4.69, 9.17) is 14.2 Å². The van der Waals surface area contributed by atoms with Gasteiger partial charge in [-0.05, 0) is 43.5 Å². The number of hydrogen-bond donors (Lipinski definition) is 1. The van der Waals surface area contributed by atoms with Crippen molar-refractivity contribution in [2.24, 2.45) is 5.92 Å². The topological polar surface area (TPSA) is 60.0 Å². The zero-order valence-electron chi connectivity index (χ0n) is 16.3. The van der Waals surface area contributed by atoms with Gasteiger partial charge in [-0.15, -0.1) is 0 Å². The van der Waals surface area contributed by atoms with E-state index < -0.39 is 0 Å². The van der Waals surface area contributed by atoms with E-state index in [2.05, 4.69) is 24.1 Å². The van der Waals surface area contributed by atoms with Gasteiger partial charge in [0.15, 0.2) is 11.5 Å². The lowest BCUT2D eigenvalue weighted by molar-refractivity contribution is 0.0374. The molecule has 6 heteroatoms. The summed E-state index contributed by atoms with van der Waals surface area (Å²) < 4.78 is 16.5. The zero-order chi connectivity index (χ0) is 18.8. The van der Waals surface area contributed by atoms with Crippen LogP contribution in [0.2, 0.25) is 0 Å². The summed E-state index contributed by atoms with van der Waals surface area (Å²) >= 11 is 0. The summed E-state index contributed by atoms with van der Waals surface area (Å²) in [6.07, 6.45) is 1.91. The highest BCUT2D eigenvalue weighted by Gasteiger charge is 2.12. The molecule has 1 heterocycles. The Morgan fingerprint density at radius 2 is 2.04 bits per heavy atom. The van der Waals surface area contributed by atoms with Gasteiger partial charge in [-0.3, -0.25) is 9.69 Å². The minimum Gasteiger partial charge on any atom is -0.493 e. The molecule has 1 aromatic rings. The first-order valence-corrected chi connectivity index (χ1v) is 9.49. The molecule has 0 unspecified atom stereocenters. The van der Waals surface area contributed by atoms with E-state index in [0.29, 0.717) is 36.1 Å². The van der Waals surface area contributed by atoms with E-state index >= 15 is 0 Å². The summed E-state index contributed by atoms with van der Waals surface area (Å²) in [7, 11) is 1.59. The normalized spacial score (nSPS) is 15.1. The molecule has 0 spiro atoms. The second kappa shape index (κ2) is 11.0. The molecule has 1 amide bonds. The summed E-state index contributed by atoms with van der Waals surface area (Å²) in [5, 5.41) is 2.97. The molecule has 0 radical (unpaired) electrons. The Balaban J connectivity index is 1.78. The predicted molar refractivity (Wildman–Crippen MR) is 102 cm³/mol.